The lowest BCUT2D eigenvalue weighted by Crippen LogP contribution is -2.04. The Morgan fingerprint density at radius 1 is 1.38 bits per heavy atom. The molecule has 0 unspecified atom stereocenters. The van der Waals surface area contributed by atoms with Crippen LogP contribution in [0.2, 0.25) is 0 Å². The number of nitrogen functional groups attached to an aromatic ring is 1. The fourth-order valence-corrected chi connectivity index (χ4v) is 2.78. The van der Waals surface area contributed by atoms with Gasteiger partial charge < -0.3 is 15.2 Å². The zero-order valence-corrected chi connectivity index (χ0v) is 14.8. The highest BCUT2D eigenvalue weighted by molar-refractivity contribution is 9.10. The van der Waals surface area contributed by atoms with Gasteiger partial charge in [0.1, 0.15) is 11.3 Å². The number of benzene rings is 1. The Kier molecular flexibility index (Phi) is 4.44. The van der Waals surface area contributed by atoms with E-state index in [9.17, 15) is 4.79 Å². The summed E-state index contributed by atoms with van der Waals surface area (Å²) in [5, 5.41) is 4.24. The van der Waals surface area contributed by atoms with E-state index in [4.69, 9.17) is 15.2 Å². The lowest BCUT2D eigenvalue weighted by atomic mass is 10.2. The number of nitrogens with zero attached hydrogens (tertiary/aromatic N) is 2. The molecule has 0 aliphatic carbocycles. The fraction of sp³-hybridized carbons (Fsp3) is 0.176. The number of hydrogen-bond acceptors (Lipinski definition) is 5. The van der Waals surface area contributed by atoms with Crippen LogP contribution in [-0.2, 0) is 4.74 Å². The van der Waals surface area contributed by atoms with Gasteiger partial charge in [0.25, 0.3) is 0 Å². The van der Waals surface area contributed by atoms with Gasteiger partial charge >= 0.3 is 5.97 Å². The summed E-state index contributed by atoms with van der Waals surface area (Å²) in [6.45, 7) is 3.94. The molecule has 2 aromatic heterocycles. The van der Waals surface area contributed by atoms with Crippen molar-refractivity contribution in [2.24, 2.45) is 0 Å². The third kappa shape index (κ3) is 2.94. The second-order valence-corrected chi connectivity index (χ2v) is 6.02. The molecule has 3 aromatic rings. The predicted octanol–water partition coefficient (Wildman–Crippen LogP) is 3.96. The number of carbonyl (C=O) groups excluding carboxylic acids is 1. The van der Waals surface area contributed by atoms with Crippen LogP contribution in [0, 0.1) is 6.92 Å². The van der Waals surface area contributed by atoms with E-state index in [-0.39, 0.29) is 5.97 Å². The van der Waals surface area contributed by atoms with E-state index in [2.05, 4.69) is 21.0 Å². The number of hydrogen-bond donors (Lipinski definition) is 1. The molecule has 124 valence electrons. The quantitative estimate of drug-likeness (QED) is 0.539. The normalized spacial score (nSPS) is 10.8. The number of fused-ring (bicyclic) bond motifs is 1. The highest BCUT2D eigenvalue weighted by atomic mass is 79.9. The maximum atomic E-state index is 12.1. The number of halogens is 1. The minimum Gasteiger partial charge on any atom is -0.462 e. The predicted molar refractivity (Wildman–Crippen MR) is 94.5 cm³/mol. The summed E-state index contributed by atoms with van der Waals surface area (Å²) < 4.78 is 13.4. The zero-order valence-electron chi connectivity index (χ0n) is 13.2. The summed E-state index contributed by atoms with van der Waals surface area (Å²) in [6, 6.07) is 7.08. The molecule has 24 heavy (non-hydrogen) atoms. The SMILES string of the molecule is CCOC(=O)c1cn2nccc(Oc3ccc(N)c(Br)c3)c2c1C. The number of aromatic nitrogens is 2. The highest BCUT2D eigenvalue weighted by Crippen LogP contribution is 2.32. The minimum absolute atomic E-state index is 0.320. The second-order valence-electron chi connectivity index (χ2n) is 5.16. The molecule has 0 aliphatic heterocycles. The number of aryl methyl sites for hydroxylation is 1. The van der Waals surface area contributed by atoms with E-state index in [0.717, 1.165) is 10.0 Å². The van der Waals surface area contributed by atoms with E-state index in [1.54, 1.807) is 48.1 Å². The molecular formula is C17H16BrN3O3. The van der Waals surface area contributed by atoms with Crippen molar-refractivity contribution >= 4 is 33.1 Å². The van der Waals surface area contributed by atoms with Crippen LogP contribution >= 0.6 is 15.9 Å². The van der Waals surface area contributed by atoms with Crippen molar-refractivity contribution in [3.8, 4) is 11.5 Å². The molecule has 0 fully saturated rings. The largest absolute Gasteiger partial charge is 0.462 e. The van der Waals surface area contributed by atoms with E-state index in [0.29, 0.717) is 34.9 Å². The molecule has 0 atom stereocenters. The summed E-state index contributed by atoms with van der Waals surface area (Å²) in [4.78, 5) is 12.1. The molecule has 0 saturated heterocycles. The van der Waals surface area contributed by atoms with Gasteiger partial charge in [0.2, 0.25) is 0 Å². The van der Waals surface area contributed by atoms with E-state index >= 15 is 0 Å². The van der Waals surface area contributed by atoms with Gasteiger partial charge in [-0.1, -0.05) is 0 Å². The number of ether oxygens (including phenoxy) is 2. The molecule has 7 heteroatoms. The van der Waals surface area contributed by atoms with Crippen molar-refractivity contribution in [1.29, 1.82) is 0 Å². The summed E-state index contributed by atoms with van der Waals surface area (Å²) >= 11 is 3.38. The van der Waals surface area contributed by atoms with Crippen LogP contribution in [0.5, 0.6) is 11.5 Å². The Morgan fingerprint density at radius 2 is 2.17 bits per heavy atom. The van der Waals surface area contributed by atoms with Crippen molar-refractivity contribution in [1.82, 2.24) is 9.61 Å². The molecule has 3 rings (SSSR count). The Bertz CT molecular complexity index is 921. The number of nitrogens with two attached hydrogens (primary N) is 1. The topological polar surface area (TPSA) is 78.8 Å². The molecule has 2 heterocycles. The molecular weight excluding hydrogens is 374 g/mol. The van der Waals surface area contributed by atoms with Crippen molar-refractivity contribution in [2.45, 2.75) is 13.8 Å². The number of anilines is 1. The van der Waals surface area contributed by atoms with Crippen molar-refractivity contribution in [2.75, 3.05) is 12.3 Å². The van der Waals surface area contributed by atoms with Crippen LogP contribution < -0.4 is 10.5 Å². The Morgan fingerprint density at radius 3 is 2.88 bits per heavy atom. The van der Waals surface area contributed by atoms with Crippen LogP contribution in [0.4, 0.5) is 5.69 Å². The molecule has 0 radical (unpaired) electrons. The van der Waals surface area contributed by atoms with Gasteiger partial charge in [-0.15, -0.1) is 0 Å². The first-order valence-corrected chi connectivity index (χ1v) is 8.17. The zero-order chi connectivity index (χ0) is 17.3. The highest BCUT2D eigenvalue weighted by Gasteiger charge is 2.19. The molecule has 6 nitrogen and oxygen atoms in total. The van der Waals surface area contributed by atoms with Gasteiger partial charge in [0.05, 0.1) is 18.4 Å². The summed E-state index contributed by atoms with van der Waals surface area (Å²) in [5.74, 6) is 0.846. The first-order chi connectivity index (χ1) is 11.5. The maximum absolute atomic E-state index is 12.1. The van der Waals surface area contributed by atoms with Crippen LogP contribution in [0.1, 0.15) is 22.8 Å². The third-order valence-electron chi connectivity index (χ3n) is 3.59. The van der Waals surface area contributed by atoms with Crippen molar-refractivity contribution in [3.05, 3.63) is 52.3 Å². The molecule has 0 bridgehead atoms. The standard InChI is InChI=1S/C17H16BrN3O3/c1-3-23-17(22)12-9-21-16(10(12)2)15(6-7-20-21)24-11-4-5-14(19)13(18)8-11/h4-9H,3,19H2,1-2H3. The molecule has 1 aromatic carbocycles. The Balaban J connectivity index is 2.05. The van der Waals surface area contributed by atoms with E-state index in [1.165, 1.54) is 0 Å². The van der Waals surface area contributed by atoms with Crippen LogP contribution in [-0.4, -0.2) is 22.2 Å². The first kappa shape index (κ1) is 16.3. The third-order valence-corrected chi connectivity index (χ3v) is 4.27. The summed E-state index contributed by atoms with van der Waals surface area (Å²) in [6.07, 6.45) is 3.26. The van der Waals surface area contributed by atoms with Crippen LogP contribution in [0.3, 0.4) is 0 Å². The average molecular weight is 390 g/mol. The van der Waals surface area contributed by atoms with Gasteiger partial charge in [0, 0.05) is 22.4 Å². The van der Waals surface area contributed by atoms with Gasteiger partial charge in [-0.05, 0) is 53.5 Å². The molecule has 0 spiro atoms. The fourth-order valence-electron chi connectivity index (χ4n) is 2.42. The molecule has 0 amide bonds. The van der Waals surface area contributed by atoms with Gasteiger partial charge in [-0.2, -0.15) is 5.10 Å². The number of carbonyl (C=O) groups is 1. The average Bonchev–Trinajstić information content (AvgIpc) is 2.89. The summed E-state index contributed by atoms with van der Waals surface area (Å²) in [7, 11) is 0. The Hall–Kier alpha value is -2.54. The smallest absolute Gasteiger partial charge is 0.340 e. The van der Waals surface area contributed by atoms with Crippen LogP contribution in [0.25, 0.3) is 5.52 Å². The molecule has 0 aliphatic rings. The van der Waals surface area contributed by atoms with E-state index in [1.807, 2.05) is 6.92 Å². The molecule has 2 N–H and O–H groups in total. The van der Waals surface area contributed by atoms with E-state index < -0.39 is 0 Å². The number of rotatable bonds is 4. The van der Waals surface area contributed by atoms with Gasteiger partial charge in [-0.3, -0.25) is 0 Å². The van der Waals surface area contributed by atoms with Crippen molar-refractivity contribution < 1.29 is 14.3 Å². The second kappa shape index (κ2) is 6.52. The maximum Gasteiger partial charge on any atom is 0.340 e. The first-order valence-electron chi connectivity index (χ1n) is 7.38. The van der Waals surface area contributed by atoms with Gasteiger partial charge in [0.15, 0.2) is 5.75 Å². The lowest BCUT2D eigenvalue weighted by molar-refractivity contribution is 0.0525. The monoisotopic (exact) mass is 389 g/mol. The minimum atomic E-state index is -0.373. The lowest BCUT2D eigenvalue weighted by Gasteiger charge is -2.09. The van der Waals surface area contributed by atoms with Gasteiger partial charge in [-0.25, -0.2) is 9.31 Å². The molecule has 0 saturated carbocycles. The van der Waals surface area contributed by atoms with Crippen molar-refractivity contribution in [3.63, 3.8) is 0 Å². The summed E-state index contributed by atoms with van der Waals surface area (Å²) in [5.41, 5.74) is 8.37. The van der Waals surface area contributed by atoms with Crippen LogP contribution in [0.15, 0.2) is 41.1 Å². The Labute approximate surface area is 147 Å². The number of esters is 1.